The number of aryl methyl sites for hydroxylation is 2. The van der Waals surface area contributed by atoms with Crippen molar-refractivity contribution in [2.75, 3.05) is 50.6 Å². The molecule has 33 heavy (non-hydrogen) atoms. The standard InChI is InChI=1S/C24H36N8O/c1-6-19-21-22(32(29-19)15-16-33-7-2)23(26-20-10-8-9-17(3)25-20)28-24(27-21)31(5)18-11-13-30(4)14-12-18/h8-10,18H,6-7,11-16H2,1-5H3,(H,25,26,27,28). The molecule has 1 N–H and O–H groups in total. The molecule has 1 saturated heterocycles. The number of anilines is 3. The van der Waals surface area contributed by atoms with E-state index in [4.69, 9.17) is 19.8 Å². The van der Waals surface area contributed by atoms with Crippen molar-refractivity contribution in [1.29, 1.82) is 0 Å². The predicted molar refractivity (Wildman–Crippen MR) is 132 cm³/mol. The first kappa shape index (κ1) is 23.4. The van der Waals surface area contributed by atoms with Crippen LogP contribution in [0.3, 0.4) is 0 Å². The van der Waals surface area contributed by atoms with Gasteiger partial charge in [-0.3, -0.25) is 4.68 Å². The largest absolute Gasteiger partial charge is 0.380 e. The number of hydrogen-bond acceptors (Lipinski definition) is 8. The van der Waals surface area contributed by atoms with Crippen molar-refractivity contribution in [2.45, 2.75) is 52.6 Å². The maximum Gasteiger partial charge on any atom is 0.228 e. The number of hydrogen-bond donors (Lipinski definition) is 1. The maximum absolute atomic E-state index is 5.61. The molecule has 0 unspecified atom stereocenters. The summed E-state index contributed by atoms with van der Waals surface area (Å²) in [5.74, 6) is 2.22. The summed E-state index contributed by atoms with van der Waals surface area (Å²) in [5.41, 5.74) is 3.72. The van der Waals surface area contributed by atoms with Crippen molar-refractivity contribution >= 4 is 28.6 Å². The SMILES string of the molecule is CCOCCn1nc(CC)c2nc(N(C)C3CCN(C)CC3)nc(Nc3cccc(C)n3)c21. The van der Waals surface area contributed by atoms with E-state index in [-0.39, 0.29) is 0 Å². The molecule has 4 rings (SSSR count). The van der Waals surface area contributed by atoms with Crippen LogP contribution in [0, 0.1) is 6.92 Å². The van der Waals surface area contributed by atoms with Crippen LogP contribution in [0.15, 0.2) is 18.2 Å². The van der Waals surface area contributed by atoms with E-state index in [2.05, 4.69) is 41.1 Å². The number of pyridine rings is 1. The zero-order valence-corrected chi connectivity index (χ0v) is 20.5. The zero-order valence-electron chi connectivity index (χ0n) is 20.5. The lowest BCUT2D eigenvalue weighted by Gasteiger charge is -2.35. The summed E-state index contributed by atoms with van der Waals surface area (Å²) in [6, 6.07) is 6.37. The minimum absolute atomic E-state index is 0.418. The average Bonchev–Trinajstić information content (AvgIpc) is 3.17. The average molecular weight is 453 g/mol. The zero-order chi connectivity index (χ0) is 23.4. The van der Waals surface area contributed by atoms with Crippen LogP contribution in [0.1, 0.15) is 38.1 Å². The van der Waals surface area contributed by atoms with Gasteiger partial charge in [-0.25, -0.2) is 9.97 Å². The van der Waals surface area contributed by atoms with Gasteiger partial charge in [0.25, 0.3) is 0 Å². The van der Waals surface area contributed by atoms with Gasteiger partial charge in [-0.1, -0.05) is 13.0 Å². The van der Waals surface area contributed by atoms with E-state index in [9.17, 15) is 0 Å². The Hall–Kier alpha value is -2.78. The second-order valence-corrected chi connectivity index (χ2v) is 8.72. The minimum atomic E-state index is 0.418. The second kappa shape index (κ2) is 10.4. The summed E-state index contributed by atoms with van der Waals surface area (Å²) in [5, 5.41) is 8.33. The molecule has 0 bridgehead atoms. The van der Waals surface area contributed by atoms with Gasteiger partial charge in [0.05, 0.1) is 18.8 Å². The van der Waals surface area contributed by atoms with Crippen LogP contribution >= 0.6 is 0 Å². The topological polar surface area (TPSA) is 84.2 Å². The fourth-order valence-corrected chi connectivity index (χ4v) is 4.35. The van der Waals surface area contributed by atoms with Gasteiger partial charge in [0.1, 0.15) is 16.9 Å². The third kappa shape index (κ3) is 5.25. The number of rotatable bonds is 9. The van der Waals surface area contributed by atoms with Crippen molar-refractivity contribution in [3.05, 3.63) is 29.6 Å². The summed E-state index contributed by atoms with van der Waals surface area (Å²) < 4.78 is 7.58. The lowest BCUT2D eigenvalue weighted by atomic mass is 10.0. The Bertz CT molecular complexity index is 1070. The van der Waals surface area contributed by atoms with Crippen LogP contribution < -0.4 is 10.2 Å². The first-order valence-corrected chi connectivity index (χ1v) is 12.0. The lowest BCUT2D eigenvalue weighted by molar-refractivity contribution is 0.137. The van der Waals surface area contributed by atoms with E-state index in [1.165, 1.54) is 0 Å². The van der Waals surface area contributed by atoms with Crippen LogP contribution in [-0.4, -0.2) is 76.1 Å². The second-order valence-electron chi connectivity index (χ2n) is 8.72. The molecule has 0 aromatic carbocycles. The first-order valence-electron chi connectivity index (χ1n) is 12.0. The number of aromatic nitrogens is 5. The summed E-state index contributed by atoms with van der Waals surface area (Å²) in [7, 11) is 4.29. The minimum Gasteiger partial charge on any atom is -0.380 e. The Balaban J connectivity index is 1.78. The van der Waals surface area contributed by atoms with Gasteiger partial charge in [-0.2, -0.15) is 10.1 Å². The highest BCUT2D eigenvalue weighted by Crippen LogP contribution is 2.30. The molecule has 0 spiro atoms. The van der Waals surface area contributed by atoms with Crippen LogP contribution in [0.2, 0.25) is 0 Å². The number of piperidine rings is 1. The Kier molecular flexibility index (Phi) is 7.39. The third-order valence-electron chi connectivity index (χ3n) is 6.32. The molecule has 1 aliphatic heterocycles. The van der Waals surface area contributed by atoms with E-state index in [0.29, 0.717) is 25.8 Å². The van der Waals surface area contributed by atoms with E-state index in [1.807, 2.05) is 36.7 Å². The third-order valence-corrected chi connectivity index (χ3v) is 6.32. The molecule has 0 amide bonds. The molecule has 1 aliphatic rings. The van der Waals surface area contributed by atoms with E-state index in [0.717, 1.165) is 72.4 Å². The molecule has 9 nitrogen and oxygen atoms in total. The fourth-order valence-electron chi connectivity index (χ4n) is 4.35. The number of likely N-dealkylation sites (tertiary alicyclic amines) is 1. The monoisotopic (exact) mass is 452 g/mol. The van der Waals surface area contributed by atoms with Crippen molar-refractivity contribution in [2.24, 2.45) is 0 Å². The molecule has 9 heteroatoms. The lowest BCUT2D eigenvalue weighted by Crippen LogP contribution is -2.42. The van der Waals surface area contributed by atoms with Crippen molar-refractivity contribution < 1.29 is 4.74 Å². The van der Waals surface area contributed by atoms with Crippen LogP contribution in [0.5, 0.6) is 0 Å². The molecule has 4 heterocycles. The van der Waals surface area contributed by atoms with Gasteiger partial charge in [-0.05, 0) is 65.4 Å². The van der Waals surface area contributed by atoms with Gasteiger partial charge in [0.2, 0.25) is 5.95 Å². The first-order chi connectivity index (χ1) is 16.0. The molecular weight excluding hydrogens is 416 g/mol. The van der Waals surface area contributed by atoms with Crippen LogP contribution in [-0.2, 0) is 17.7 Å². The molecule has 3 aromatic rings. The Morgan fingerprint density at radius 2 is 1.94 bits per heavy atom. The van der Waals surface area contributed by atoms with Crippen LogP contribution in [0.4, 0.5) is 17.6 Å². The van der Waals surface area contributed by atoms with Gasteiger partial charge >= 0.3 is 0 Å². The molecule has 1 fully saturated rings. The Morgan fingerprint density at radius 3 is 2.64 bits per heavy atom. The number of fused-ring (bicyclic) bond motifs is 1. The highest BCUT2D eigenvalue weighted by atomic mass is 16.5. The van der Waals surface area contributed by atoms with Crippen molar-refractivity contribution in [1.82, 2.24) is 29.6 Å². The molecule has 3 aromatic heterocycles. The summed E-state index contributed by atoms with van der Waals surface area (Å²) in [6.45, 7) is 10.2. The summed E-state index contributed by atoms with van der Waals surface area (Å²) >= 11 is 0. The Labute approximate surface area is 196 Å². The van der Waals surface area contributed by atoms with Crippen molar-refractivity contribution in [3.8, 4) is 0 Å². The van der Waals surface area contributed by atoms with Gasteiger partial charge in [-0.15, -0.1) is 0 Å². The number of nitrogens with one attached hydrogen (secondary N) is 1. The quantitative estimate of drug-likeness (QED) is 0.495. The number of nitrogens with zero attached hydrogens (tertiary/aromatic N) is 7. The maximum atomic E-state index is 5.61. The van der Waals surface area contributed by atoms with E-state index >= 15 is 0 Å². The normalized spacial score (nSPS) is 15.3. The predicted octanol–water partition coefficient (Wildman–Crippen LogP) is 3.40. The summed E-state index contributed by atoms with van der Waals surface area (Å²) in [6.07, 6.45) is 3.00. The fraction of sp³-hybridized carbons (Fsp3) is 0.583. The highest BCUT2D eigenvalue weighted by molar-refractivity contribution is 5.90. The highest BCUT2D eigenvalue weighted by Gasteiger charge is 2.25. The van der Waals surface area contributed by atoms with Crippen molar-refractivity contribution in [3.63, 3.8) is 0 Å². The molecule has 0 radical (unpaired) electrons. The molecule has 178 valence electrons. The van der Waals surface area contributed by atoms with Crippen LogP contribution in [0.25, 0.3) is 11.0 Å². The smallest absolute Gasteiger partial charge is 0.228 e. The number of ether oxygens (including phenoxy) is 1. The summed E-state index contributed by atoms with van der Waals surface area (Å²) in [4.78, 5) is 19.3. The van der Waals surface area contributed by atoms with Gasteiger partial charge in [0.15, 0.2) is 5.82 Å². The Morgan fingerprint density at radius 1 is 1.15 bits per heavy atom. The van der Waals surface area contributed by atoms with Gasteiger partial charge in [0, 0.05) is 25.4 Å². The molecular formula is C24H36N8O. The molecule has 0 atom stereocenters. The van der Waals surface area contributed by atoms with E-state index in [1.54, 1.807) is 0 Å². The van der Waals surface area contributed by atoms with E-state index < -0.39 is 0 Å². The molecule has 0 saturated carbocycles. The molecule has 0 aliphatic carbocycles. The van der Waals surface area contributed by atoms with Gasteiger partial charge < -0.3 is 19.9 Å².